The summed E-state index contributed by atoms with van der Waals surface area (Å²) in [7, 11) is 0. The van der Waals surface area contributed by atoms with E-state index in [4.69, 9.17) is 5.73 Å². The third-order valence-corrected chi connectivity index (χ3v) is 2.87. The number of aromatic nitrogens is 2. The largest absolute Gasteiger partial charge is 0.399 e. The molecule has 5 nitrogen and oxygen atoms in total. The Morgan fingerprint density at radius 1 is 1.16 bits per heavy atom. The Labute approximate surface area is 109 Å². The Balaban J connectivity index is 1.83. The second-order valence-corrected chi connectivity index (χ2v) is 4.25. The van der Waals surface area contributed by atoms with E-state index < -0.39 is 0 Å². The van der Waals surface area contributed by atoms with Gasteiger partial charge in [-0.2, -0.15) is 5.10 Å². The number of benzene rings is 2. The van der Waals surface area contributed by atoms with E-state index in [1.54, 1.807) is 30.5 Å². The lowest BCUT2D eigenvalue weighted by Crippen LogP contribution is -2.11. The van der Waals surface area contributed by atoms with Crippen molar-refractivity contribution in [1.29, 1.82) is 0 Å². The zero-order chi connectivity index (χ0) is 13.2. The minimum Gasteiger partial charge on any atom is -0.399 e. The first-order valence-corrected chi connectivity index (χ1v) is 5.82. The van der Waals surface area contributed by atoms with Crippen LogP contribution < -0.4 is 11.1 Å². The van der Waals surface area contributed by atoms with Crippen LogP contribution in [0.1, 0.15) is 10.4 Å². The van der Waals surface area contributed by atoms with Crippen LogP contribution in [0.3, 0.4) is 0 Å². The van der Waals surface area contributed by atoms with Gasteiger partial charge in [-0.25, -0.2) is 0 Å². The van der Waals surface area contributed by atoms with Crippen molar-refractivity contribution in [1.82, 2.24) is 10.2 Å². The summed E-state index contributed by atoms with van der Waals surface area (Å²) in [5.41, 5.74) is 8.46. The molecule has 0 saturated heterocycles. The molecule has 3 rings (SSSR count). The molecule has 94 valence electrons. The maximum Gasteiger partial charge on any atom is 0.255 e. The maximum atomic E-state index is 12.0. The van der Waals surface area contributed by atoms with Gasteiger partial charge in [-0.3, -0.25) is 9.89 Å². The number of nitrogens with one attached hydrogen (secondary N) is 2. The highest BCUT2D eigenvalue weighted by atomic mass is 16.1. The highest BCUT2D eigenvalue weighted by Crippen LogP contribution is 2.17. The molecule has 0 aliphatic carbocycles. The van der Waals surface area contributed by atoms with Crippen LogP contribution in [0.25, 0.3) is 10.9 Å². The van der Waals surface area contributed by atoms with Gasteiger partial charge in [0, 0.05) is 22.3 Å². The van der Waals surface area contributed by atoms with Gasteiger partial charge in [0.05, 0.1) is 11.7 Å². The summed E-state index contributed by atoms with van der Waals surface area (Å²) in [6.45, 7) is 0. The zero-order valence-corrected chi connectivity index (χ0v) is 10.1. The average molecular weight is 252 g/mol. The van der Waals surface area contributed by atoms with E-state index in [0.717, 1.165) is 16.6 Å². The second kappa shape index (κ2) is 4.45. The fourth-order valence-electron chi connectivity index (χ4n) is 1.86. The molecule has 0 aliphatic rings. The van der Waals surface area contributed by atoms with Crippen LogP contribution >= 0.6 is 0 Å². The minimum absolute atomic E-state index is 0.164. The molecule has 0 bridgehead atoms. The molecule has 0 unspecified atom stereocenters. The van der Waals surface area contributed by atoms with E-state index in [2.05, 4.69) is 15.5 Å². The number of hydrogen-bond donors (Lipinski definition) is 3. The van der Waals surface area contributed by atoms with E-state index in [1.165, 1.54) is 0 Å². The SMILES string of the molecule is Nc1ccc(C(=O)Nc2ccc3[nH]ncc3c2)cc1. The van der Waals surface area contributed by atoms with Gasteiger partial charge in [-0.15, -0.1) is 0 Å². The van der Waals surface area contributed by atoms with Crippen LogP contribution in [-0.2, 0) is 0 Å². The number of anilines is 2. The molecule has 0 spiro atoms. The number of amides is 1. The molecular formula is C14H12N4O. The number of carbonyl (C=O) groups excluding carboxylic acids is 1. The smallest absolute Gasteiger partial charge is 0.255 e. The summed E-state index contributed by atoms with van der Waals surface area (Å²) in [6.07, 6.45) is 1.72. The number of carbonyl (C=O) groups is 1. The highest BCUT2D eigenvalue weighted by molar-refractivity contribution is 6.05. The molecule has 5 heteroatoms. The van der Waals surface area contributed by atoms with Gasteiger partial charge in [0.15, 0.2) is 0 Å². The van der Waals surface area contributed by atoms with E-state index in [-0.39, 0.29) is 5.91 Å². The number of fused-ring (bicyclic) bond motifs is 1. The first kappa shape index (κ1) is 11.3. The van der Waals surface area contributed by atoms with Crippen molar-refractivity contribution in [3.05, 3.63) is 54.2 Å². The molecule has 0 radical (unpaired) electrons. The van der Waals surface area contributed by atoms with Gasteiger partial charge < -0.3 is 11.1 Å². The van der Waals surface area contributed by atoms with Crippen LogP contribution in [0.4, 0.5) is 11.4 Å². The third-order valence-electron chi connectivity index (χ3n) is 2.87. The van der Waals surface area contributed by atoms with Gasteiger partial charge in [0.25, 0.3) is 5.91 Å². The van der Waals surface area contributed by atoms with Crippen molar-refractivity contribution in [3.8, 4) is 0 Å². The quantitative estimate of drug-likeness (QED) is 0.612. The van der Waals surface area contributed by atoms with Crippen LogP contribution in [-0.4, -0.2) is 16.1 Å². The molecule has 1 heterocycles. The molecule has 4 N–H and O–H groups in total. The Morgan fingerprint density at radius 2 is 1.95 bits per heavy atom. The predicted octanol–water partition coefficient (Wildman–Crippen LogP) is 2.40. The normalized spacial score (nSPS) is 10.5. The average Bonchev–Trinajstić information content (AvgIpc) is 2.87. The van der Waals surface area contributed by atoms with Gasteiger partial charge >= 0.3 is 0 Å². The van der Waals surface area contributed by atoms with Crippen molar-refractivity contribution in [2.75, 3.05) is 11.1 Å². The molecule has 0 aliphatic heterocycles. The molecule has 0 saturated carbocycles. The maximum absolute atomic E-state index is 12.0. The van der Waals surface area contributed by atoms with Crippen LogP contribution in [0.15, 0.2) is 48.7 Å². The van der Waals surface area contributed by atoms with E-state index in [9.17, 15) is 4.79 Å². The lowest BCUT2D eigenvalue weighted by molar-refractivity contribution is 0.102. The molecule has 1 amide bonds. The highest BCUT2D eigenvalue weighted by Gasteiger charge is 2.06. The number of H-pyrrole nitrogens is 1. The van der Waals surface area contributed by atoms with Crippen molar-refractivity contribution in [3.63, 3.8) is 0 Å². The van der Waals surface area contributed by atoms with Gasteiger partial charge in [0.2, 0.25) is 0 Å². The number of aromatic amines is 1. The molecule has 1 aromatic heterocycles. The van der Waals surface area contributed by atoms with Crippen LogP contribution in [0.2, 0.25) is 0 Å². The Morgan fingerprint density at radius 3 is 2.74 bits per heavy atom. The summed E-state index contributed by atoms with van der Waals surface area (Å²) in [5, 5.41) is 10.6. The summed E-state index contributed by atoms with van der Waals surface area (Å²) in [6, 6.07) is 12.4. The lowest BCUT2D eigenvalue weighted by Gasteiger charge is -2.05. The molecule has 3 aromatic rings. The second-order valence-electron chi connectivity index (χ2n) is 4.25. The molecule has 0 fully saturated rings. The van der Waals surface area contributed by atoms with Crippen LogP contribution in [0.5, 0.6) is 0 Å². The molecular weight excluding hydrogens is 240 g/mol. The van der Waals surface area contributed by atoms with Crippen molar-refractivity contribution >= 4 is 28.2 Å². The van der Waals surface area contributed by atoms with Crippen LogP contribution in [0, 0.1) is 0 Å². The Kier molecular flexibility index (Phi) is 2.64. The zero-order valence-electron chi connectivity index (χ0n) is 10.1. The van der Waals surface area contributed by atoms with Gasteiger partial charge in [0.1, 0.15) is 0 Å². The predicted molar refractivity (Wildman–Crippen MR) is 74.9 cm³/mol. The summed E-state index contributed by atoms with van der Waals surface area (Å²) < 4.78 is 0. The number of rotatable bonds is 2. The third kappa shape index (κ3) is 2.26. The van der Waals surface area contributed by atoms with E-state index >= 15 is 0 Å². The number of hydrogen-bond acceptors (Lipinski definition) is 3. The van der Waals surface area contributed by atoms with E-state index in [0.29, 0.717) is 11.3 Å². The van der Waals surface area contributed by atoms with Gasteiger partial charge in [-0.1, -0.05) is 0 Å². The minimum atomic E-state index is -0.164. The Bertz CT molecular complexity index is 731. The van der Waals surface area contributed by atoms with Crippen molar-refractivity contribution in [2.45, 2.75) is 0 Å². The summed E-state index contributed by atoms with van der Waals surface area (Å²) in [4.78, 5) is 12.0. The summed E-state index contributed by atoms with van der Waals surface area (Å²) >= 11 is 0. The topological polar surface area (TPSA) is 83.8 Å². The monoisotopic (exact) mass is 252 g/mol. The molecule has 19 heavy (non-hydrogen) atoms. The fourth-order valence-corrected chi connectivity index (χ4v) is 1.86. The first-order chi connectivity index (χ1) is 9.22. The Hall–Kier alpha value is -2.82. The fraction of sp³-hybridized carbons (Fsp3) is 0. The summed E-state index contributed by atoms with van der Waals surface area (Å²) in [5.74, 6) is -0.164. The van der Waals surface area contributed by atoms with E-state index in [1.807, 2.05) is 18.2 Å². The number of nitrogens with zero attached hydrogens (tertiary/aromatic N) is 1. The first-order valence-electron chi connectivity index (χ1n) is 5.82. The van der Waals surface area contributed by atoms with Crippen molar-refractivity contribution in [2.24, 2.45) is 0 Å². The van der Waals surface area contributed by atoms with Gasteiger partial charge in [-0.05, 0) is 42.5 Å². The molecule has 0 atom stereocenters. The molecule has 2 aromatic carbocycles. The lowest BCUT2D eigenvalue weighted by atomic mass is 10.2. The standard InChI is InChI=1S/C14H12N4O/c15-11-3-1-9(2-4-11)14(19)17-12-5-6-13-10(7-12)8-16-18-13/h1-8H,15H2,(H,16,18)(H,17,19). The number of nitrogen functional groups attached to an aromatic ring is 1. The number of nitrogens with two attached hydrogens (primary N) is 1. The van der Waals surface area contributed by atoms with Crippen molar-refractivity contribution < 1.29 is 4.79 Å².